The van der Waals surface area contributed by atoms with Gasteiger partial charge in [0.25, 0.3) is 10.1 Å². The molecule has 0 heterocycles. The lowest BCUT2D eigenvalue weighted by Gasteiger charge is -2.07. The summed E-state index contributed by atoms with van der Waals surface area (Å²) in [7, 11) is -4.42. The molecule has 5 nitrogen and oxygen atoms in total. The van der Waals surface area contributed by atoms with Crippen LogP contribution in [0.3, 0.4) is 0 Å². The molecular weight excluding hydrogens is 288 g/mol. The van der Waals surface area contributed by atoms with Crippen molar-refractivity contribution in [3.05, 3.63) is 36.4 Å². The molecule has 3 N–H and O–H groups in total. The molecule has 0 atom stereocenters. The van der Waals surface area contributed by atoms with E-state index in [0.717, 1.165) is 0 Å². The van der Waals surface area contributed by atoms with Gasteiger partial charge in [0.2, 0.25) is 0 Å². The minimum atomic E-state index is -4.42. The molecule has 0 aliphatic rings. The third-order valence-corrected chi connectivity index (χ3v) is 3.74. The smallest absolute Gasteiger partial charge is 0.297 e. The molecule has 0 aliphatic carbocycles. The molecule has 0 fully saturated rings. The SMILES string of the molecule is NC(CCl)=Nc1ccc2ccccc2c1S(=O)(=O)O. The Kier molecular flexibility index (Phi) is 3.75. The van der Waals surface area contributed by atoms with Crippen molar-refractivity contribution in [3.63, 3.8) is 0 Å². The Morgan fingerprint density at radius 3 is 2.58 bits per heavy atom. The first-order chi connectivity index (χ1) is 8.93. The Morgan fingerprint density at radius 2 is 1.95 bits per heavy atom. The second-order valence-electron chi connectivity index (χ2n) is 3.85. The van der Waals surface area contributed by atoms with Gasteiger partial charge < -0.3 is 5.73 Å². The van der Waals surface area contributed by atoms with Gasteiger partial charge in [-0.15, -0.1) is 11.6 Å². The summed E-state index contributed by atoms with van der Waals surface area (Å²) in [6, 6.07) is 9.95. The van der Waals surface area contributed by atoms with Crippen molar-refractivity contribution in [2.45, 2.75) is 4.90 Å². The Morgan fingerprint density at radius 1 is 1.26 bits per heavy atom. The molecule has 2 aromatic carbocycles. The van der Waals surface area contributed by atoms with E-state index in [0.29, 0.717) is 10.8 Å². The number of hydrogen-bond acceptors (Lipinski definition) is 3. The monoisotopic (exact) mass is 298 g/mol. The summed E-state index contributed by atoms with van der Waals surface area (Å²) >= 11 is 5.52. The van der Waals surface area contributed by atoms with E-state index in [1.165, 1.54) is 6.07 Å². The maximum atomic E-state index is 11.6. The van der Waals surface area contributed by atoms with Gasteiger partial charge in [-0.2, -0.15) is 8.42 Å². The van der Waals surface area contributed by atoms with Gasteiger partial charge in [-0.1, -0.05) is 30.3 Å². The number of amidine groups is 1. The van der Waals surface area contributed by atoms with Crippen molar-refractivity contribution in [2.24, 2.45) is 10.7 Å². The van der Waals surface area contributed by atoms with Crippen molar-refractivity contribution < 1.29 is 13.0 Å². The molecule has 2 rings (SSSR count). The summed E-state index contributed by atoms with van der Waals surface area (Å²) in [6.45, 7) is 0. The zero-order chi connectivity index (χ0) is 14.0. The molecule has 0 unspecified atom stereocenters. The lowest BCUT2D eigenvalue weighted by molar-refractivity contribution is 0.484. The highest BCUT2D eigenvalue weighted by atomic mass is 35.5. The van der Waals surface area contributed by atoms with Gasteiger partial charge in [-0.3, -0.25) is 4.55 Å². The van der Waals surface area contributed by atoms with Gasteiger partial charge in [-0.25, -0.2) is 4.99 Å². The predicted octanol–water partition coefficient (Wildman–Crippen LogP) is 2.31. The third kappa shape index (κ3) is 2.86. The second-order valence-corrected chi connectivity index (χ2v) is 5.47. The van der Waals surface area contributed by atoms with Gasteiger partial charge in [0, 0.05) is 5.39 Å². The zero-order valence-corrected chi connectivity index (χ0v) is 11.3. The molecule has 0 saturated carbocycles. The van der Waals surface area contributed by atoms with Gasteiger partial charge in [0.15, 0.2) is 0 Å². The van der Waals surface area contributed by atoms with E-state index < -0.39 is 10.1 Å². The van der Waals surface area contributed by atoms with E-state index in [2.05, 4.69) is 4.99 Å². The average molecular weight is 299 g/mol. The highest BCUT2D eigenvalue weighted by Gasteiger charge is 2.19. The molecule has 2 aromatic rings. The number of nitrogens with two attached hydrogens (primary N) is 1. The van der Waals surface area contributed by atoms with E-state index in [1.807, 2.05) is 0 Å². The summed E-state index contributed by atoms with van der Waals surface area (Å²) in [5, 5.41) is 1.06. The Bertz CT molecular complexity index is 757. The minimum Gasteiger partial charge on any atom is -0.386 e. The van der Waals surface area contributed by atoms with E-state index in [1.54, 1.807) is 30.3 Å². The topological polar surface area (TPSA) is 92.8 Å². The molecule has 0 aromatic heterocycles. The lowest BCUT2D eigenvalue weighted by atomic mass is 10.1. The lowest BCUT2D eigenvalue weighted by Crippen LogP contribution is -2.12. The first-order valence-corrected chi connectivity index (χ1v) is 7.29. The normalized spacial score (nSPS) is 12.8. The fraction of sp³-hybridized carbons (Fsp3) is 0.0833. The Labute approximate surface area is 115 Å². The molecule has 0 saturated heterocycles. The summed E-state index contributed by atoms with van der Waals surface area (Å²) < 4.78 is 32.5. The molecule has 0 spiro atoms. The van der Waals surface area contributed by atoms with Crippen molar-refractivity contribution in [3.8, 4) is 0 Å². The van der Waals surface area contributed by atoms with Crippen LogP contribution in [-0.4, -0.2) is 24.7 Å². The second kappa shape index (κ2) is 5.16. The highest BCUT2D eigenvalue weighted by molar-refractivity contribution is 7.86. The first-order valence-electron chi connectivity index (χ1n) is 5.31. The van der Waals surface area contributed by atoms with Gasteiger partial charge in [0.05, 0.1) is 11.6 Å². The number of benzene rings is 2. The Balaban J connectivity index is 2.86. The summed E-state index contributed by atoms with van der Waals surface area (Å²) in [5.74, 6) is 0.0411. The maximum absolute atomic E-state index is 11.6. The van der Waals surface area contributed by atoms with E-state index in [-0.39, 0.29) is 22.3 Å². The van der Waals surface area contributed by atoms with Gasteiger partial charge in [-0.05, 0) is 11.5 Å². The van der Waals surface area contributed by atoms with E-state index >= 15 is 0 Å². The number of hydrogen-bond donors (Lipinski definition) is 2. The maximum Gasteiger partial charge on any atom is 0.297 e. The van der Waals surface area contributed by atoms with Crippen LogP contribution in [0.25, 0.3) is 10.8 Å². The van der Waals surface area contributed by atoms with Crippen LogP contribution in [0.1, 0.15) is 0 Å². The molecule has 0 aliphatic heterocycles. The average Bonchev–Trinajstić information content (AvgIpc) is 2.36. The van der Waals surface area contributed by atoms with Crippen molar-refractivity contribution in [2.75, 3.05) is 5.88 Å². The number of alkyl halides is 1. The third-order valence-electron chi connectivity index (χ3n) is 2.52. The van der Waals surface area contributed by atoms with Crippen LogP contribution >= 0.6 is 11.6 Å². The number of fused-ring (bicyclic) bond motifs is 1. The zero-order valence-electron chi connectivity index (χ0n) is 9.75. The summed E-state index contributed by atoms with van der Waals surface area (Å²) in [4.78, 5) is 3.65. The van der Waals surface area contributed by atoms with Crippen LogP contribution in [-0.2, 0) is 10.1 Å². The minimum absolute atomic E-state index is 0.0300. The summed E-state index contributed by atoms with van der Waals surface area (Å²) in [6.07, 6.45) is 0. The number of nitrogens with zero attached hydrogens (tertiary/aromatic N) is 1. The van der Waals surface area contributed by atoms with Crippen LogP contribution < -0.4 is 5.73 Å². The van der Waals surface area contributed by atoms with Crippen LogP contribution in [0.15, 0.2) is 46.3 Å². The highest BCUT2D eigenvalue weighted by Crippen LogP contribution is 2.32. The molecule has 7 heteroatoms. The van der Waals surface area contributed by atoms with Crippen LogP contribution in [0, 0.1) is 0 Å². The van der Waals surface area contributed by atoms with Crippen LogP contribution in [0.4, 0.5) is 5.69 Å². The number of halogens is 1. The fourth-order valence-electron chi connectivity index (χ4n) is 1.78. The molecule has 0 amide bonds. The molecule has 0 radical (unpaired) electrons. The molecular formula is C12H11ClN2O3S. The largest absolute Gasteiger partial charge is 0.386 e. The first kappa shape index (κ1) is 13.8. The predicted molar refractivity (Wildman–Crippen MR) is 75.8 cm³/mol. The van der Waals surface area contributed by atoms with E-state index in [9.17, 15) is 13.0 Å². The summed E-state index contributed by atoms with van der Waals surface area (Å²) in [5.41, 5.74) is 5.57. The molecule has 100 valence electrons. The van der Waals surface area contributed by atoms with Crippen molar-refractivity contribution in [1.82, 2.24) is 0 Å². The van der Waals surface area contributed by atoms with Crippen molar-refractivity contribution >= 4 is 44.0 Å². The molecule has 19 heavy (non-hydrogen) atoms. The van der Waals surface area contributed by atoms with Gasteiger partial charge >= 0.3 is 0 Å². The quantitative estimate of drug-likeness (QED) is 0.393. The molecule has 0 bridgehead atoms. The number of aliphatic imine (C=N–C) groups is 1. The number of rotatable bonds is 3. The van der Waals surface area contributed by atoms with E-state index in [4.69, 9.17) is 17.3 Å². The van der Waals surface area contributed by atoms with Crippen LogP contribution in [0.5, 0.6) is 0 Å². The van der Waals surface area contributed by atoms with Crippen molar-refractivity contribution in [1.29, 1.82) is 0 Å². The van der Waals surface area contributed by atoms with Crippen LogP contribution in [0.2, 0.25) is 0 Å². The Hall–Kier alpha value is -1.63. The fourth-order valence-corrected chi connectivity index (χ4v) is 2.68. The standard InChI is InChI=1S/C12H11ClN2O3S/c13-7-11(14)15-10-6-5-8-3-1-2-4-9(8)12(10)19(16,17)18/h1-6H,7H2,(H2,14,15)(H,16,17,18). The van der Waals surface area contributed by atoms with Gasteiger partial charge in [0.1, 0.15) is 10.7 Å².